The maximum absolute atomic E-state index is 6.21. The Morgan fingerprint density at radius 1 is 0.875 bits per heavy atom. The third-order valence-electron chi connectivity index (χ3n) is 3.62. The highest BCUT2D eigenvalue weighted by atomic mass is 79.9. The molecule has 3 aromatic rings. The molecule has 0 saturated heterocycles. The molecule has 0 aliphatic heterocycles. The molecule has 0 bridgehead atoms. The van der Waals surface area contributed by atoms with Crippen molar-refractivity contribution in [2.75, 3.05) is 16.4 Å². The van der Waals surface area contributed by atoms with E-state index in [9.17, 15) is 0 Å². The average Bonchev–Trinajstić information content (AvgIpc) is 2.61. The zero-order chi connectivity index (χ0) is 16.9. The summed E-state index contributed by atoms with van der Waals surface area (Å²) in [7, 11) is 0. The molecule has 0 unspecified atom stereocenters. The van der Waals surface area contributed by atoms with Crippen LogP contribution >= 0.6 is 15.9 Å². The molecular formula is C18H18BrN5. The number of nitrogens with two attached hydrogens (primary N) is 1. The number of nitrogen functional groups attached to an aromatic ring is 1. The fourth-order valence-corrected chi connectivity index (χ4v) is 2.49. The molecule has 1 aromatic heterocycles. The fourth-order valence-electron chi connectivity index (χ4n) is 2.23. The maximum atomic E-state index is 6.21. The Bertz CT molecular complexity index is 816. The van der Waals surface area contributed by atoms with Crippen LogP contribution in [0.15, 0.2) is 59.3 Å². The Kier molecular flexibility index (Phi) is 4.96. The van der Waals surface area contributed by atoms with Gasteiger partial charge in [-0.05, 0) is 48.4 Å². The molecule has 24 heavy (non-hydrogen) atoms. The average molecular weight is 384 g/mol. The molecule has 0 aliphatic rings. The van der Waals surface area contributed by atoms with Gasteiger partial charge in [0, 0.05) is 15.8 Å². The van der Waals surface area contributed by atoms with E-state index in [2.05, 4.69) is 55.6 Å². The second kappa shape index (κ2) is 7.31. The van der Waals surface area contributed by atoms with Gasteiger partial charge in [0.15, 0.2) is 11.6 Å². The van der Waals surface area contributed by atoms with E-state index in [0.717, 1.165) is 22.3 Å². The smallest absolute Gasteiger partial charge is 0.159 e. The van der Waals surface area contributed by atoms with Gasteiger partial charge in [-0.1, -0.05) is 35.0 Å². The zero-order valence-electron chi connectivity index (χ0n) is 13.3. The van der Waals surface area contributed by atoms with Crippen molar-refractivity contribution >= 4 is 44.6 Å². The van der Waals surface area contributed by atoms with Gasteiger partial charge < -0.3 is 16.4 Å². The summed E-state index contributed by atoms with van der Waals surface area (Å²) in [5.74, 6) is 1.15. The van der Waals surface area contributed by atoms with Gasteiger partial charge in [-0.2, -0.15) is 0 Å². The largest absolute Gasteiger partial charge is 0.393 e. The van der Waals surface area contributed by atoms with Crippen LogP contribution in [-0.4, -0.2) is 9.97 Å². The Balaban J connectivity index is 1.80. The molecule has 0 aliphatic carbocycles. The van der Waals surface area contributed by atoms with Crippen LogP contribution in [0.1, 0.15) is 12.5 Å². The molecular weight excluding hydrogens is 366 g/mol. The Morgan fingerprint density at radius 2 is 1.38 bits per heavy atom. The van der Waals surface area contributed by atoms with E-state index >= 15 is 0 Å². The van der Waals surface area contributed by atoms with Crippen LogP contribution < -0.4 is 16.4 Å². The van der Waals surface area contributed by atoms with Crippen LogP contribution in [0.4, 0.5) is 28.7 Å². The van der Waals surface area contributed by atoms with Crippen LogP contribution in [0.5, 0.6) is 0 Å². The SMILES string of the molecule is CCc1ccc(Nc2ncnc(Nc3ccc(Br)cc3)c2N)cc1. The van der Waals surface area contributed by atoms with Gasteiger partial charge in [0.2, 0.25) is 0 Å². The number of aryl methyl sites for hydroxylation is 1. The van der Waals surface area contributed by atoms with Crippen LogP contribution in [0.25, 0.3) is 0 Å². The number of nitrogens with zero attached hydrogens (tertiary/aromatic N) is 2. The minimum absolute atomic E-state index is 0.472. The highest BCUT2D eigenvalue weighted by molar-refractivity contribution is 9.10. The highest BCUT2D eigenvalue weighted by Crippen LogP contribution is 2.28. The van der Waals surface area contributed by atoms with E-state index in [0.29, 0.717) is 17.3 Å². The van der Waals surface area contributed by atoms with Crippen LogP contribution in [0, 0.1) is 0 Å². The van der Waals surface area contributed by atoms with Crippen molar-refractivity contribution in [2.24, 2.45) is 0 Å². The van der Waals surface area contributed by atoms with E-state index in [-0.39, 0.29) is 0 Å². The molecule has 2 aromatic carbocycles. The Morgan fingerprint density at radius 3 is 1.88 bits per heavy atom. The number of halogens is 1. The lowest BCUT2D eigenvalue weighted by molar-refractivity contribution is 1.14. The van der Waals surface area contributed by atoms with E-state index in [1.54, 1.807) is 0 Å². The molecule has 1 heterocycles. The lowest BCUT2D eigenvalue weighted by Gasteiger charge is -2.13. The van der Waals surface area contributed by atoms with Gasteiger partial charge in [0.1, 0.15) is 12.0 Å². The van der Waals surface area contributed by atoms with Crippen molar-refractivity contribution in [1.82, 2.24) is 9.97 Å². The molecule has 0 amide bonds. The number of anilines is 5. The molecule has 4 N–H and O–H groups in total. The normalized spacial score (nSPS) is 10.4. The highest BCUT2D eigenvalue weighted by Gasteiger charge is 2.09. The van der Waals surface area contributed by atoms with Crippen molar-refractivity contribution < 1.29 is 0 Å². The van der Waals surface area contributed by atoms with Crippen molar-refractivity contribution in [1.29, 1.82) is 0 Å². The maximum Gasteiger partial charge on any atom is 0.159 e. The molecule has 6 heteroatoms. The number of benzene rings is 2. The molecule has 0 atom stereocenters. The van der Waals surface area contributed by atoms with E-state index < -0.39 is 0 Å². The number of hydrogen-bond acceptors (Lipinski definition) is 5. The second-order valence-corrected chi connectivity index (χ2v) is 6.21. The molecule has 0 saturated carbocycles. The molecule has 122 valence electrons. The molecule has 0 radical (unpaired) electrons. The Hall–Kier alpha value is -2.60. The van der Waals surface area contributed by atoms with Crippen LogP contribution in [-0.2, 0) is 6.42 Å². The molecule has 0 spiro atoms. The number of rotatable bonds is 5. The van der Waals surface area contributed by atoms with E-state index in [1.807, 2.05) is 36.4 Å². The quantitative estimate of drug-likeness (QED) is 0.585. The van der Waals surface area contributed by atoms with Gasteiger partial charge in [0.05, 0.1) is 0 Å². The summed E-state index contributed by atoms with van der Waals surface area (Å²) in [6.07, 6.45) is 2.50. The first-order chi connectivity index (χ1) is 11.7. The zero-order valence-corrected chi connectivity index (χ0v) is 14.8. The van der Waals surface area contributed by atoms with Gasteiger partial charge in [-0.3, -0.25) is 0 Å². The summed E-state index contributed by atoms with van der Waals surface area (Å²) in [6.45, 7) is 2.13. The summed E-state index contributed by atoms with van der Waals surface area (Å²) < 4.78 is 1.02. The fraction of sp³-hybridized carbons (Fsp3) is 0.111. The summed E-state index contributed by atoms with van der Waals surface area (Å²) in [5.41, 5.74) is 9.81. The summed E-state index contributed by atoms with van der Waals surface area (Å²) in [5, 5.41) is 6.44. The number of aromatic nitrogens is 2. The number of nitrogens with one attached hydrogen (secondary N) is 2. The van der Waals surface area contributed by atoms with E-state index in [1.165, 1.54) is 11.9 Å². The number of hydrogen-bond donors (Lipinski definition) is 3. The molecule has 5 nitrogen and oxygen atoms in total. The third-order valence-corrected chi connectivity index (χ3v) is 4.14. The van der Waals surface area contributed by atoms with Crippen molar-refractivity contribution in [2.45, 2.75) is 13.3 Å². The second-order valence-electron chi connectivity index (χ2n) is 5.29. The lowest BCUT2D eigenvalue weighted by atomic mass is 10.1. The van der Waals surface area contributed by atoms with E-state index in [4.69, 9.17) is 5.73 Å². The summed E-state index contributed by atoms with van der Waals surface area (Å²) in [4.78, 5) is 8.46. The van der Waals surface area contributed by atoms with Crippen molar-refractivity contribution in [3.63, 3.8) is 0 Å². The van der Waals surface area contributed by atoms with Crippen LogP contribution in [0.2, 0.25) is 0 Å². The summed E-state index contributed by atoms with van der Waals surface area (Å²) in [6, 6.07) is 16.0. The molecule has 0 fully saturated rings. The monoisotopic (exact) mass is 383 g/mol. The van der Waals surface area contributed by atoms with Crippen molar-refractivity contribution in [3.05, 3.63) is 64.9 Å². The minimum atomic E-state index is 0.472. The van der Waals surface area contributed by atoms with Crippen molar-refractivity contribution in [3.8, 4) is 0 Å². The van der Waals surface area contributed by atoms with Crippen LogP contribution in [0.3, 0.4) is 0 Å². The first kappa shape index (κ1) is 16.3. The van der Waals surface area contributed by atoms with Gasteiger partial charge in [-0.15, -0.1) is 0 Å². The van der Waals surface area contributed by atoms with Gasteiger partial charge >= 0.3 is 0 Å². The minimum Gasteiger partial charge on any atom is -0.393 e. The predicted molar refractivity (Wildman–Crippen MR) is 103 cm³/mol. The summed E-state index contributed by atoms with van der Waals surface area (Å²) >= 11 is 3.42. The lowest BCUT2D eigenvalue weighted by Crippen LogP contribution is -2.05. The predicted octanol–water partition coefficient (Wildman–Crippen LogP) is 4.87. The first-order valence-electron chi connectivity index (χ1n) is 7.64. The van der Waals surface area contributed by atoms with Gasteiger partial charge in [0.25, 0.3) is 0 Å². The standard InChI is InChI=1S/C18H18BrN5/c1-2-12-3-7-14(8-4-12)23-17-16(20)18(22-11-21-17)24-15-9-5-13(19)6-10-15/h3-11H,2,20H2,1H3,(H2,21,22,23,24). The molecule has 3 rings (SSSR count). The topological polar surface area (TPSA) is 75.9 Å². The third kappa shape index (κ3) is 3.83. The first-order valence-corrected chi connectivity index (χ1v) is 8.44. The van der Waals surface area contributed by atoms with Gasteiger partial charge in [-0.25, -0.2) is 9.97 Å². The Labute approximate surface area is 149 Å².